The molecule has 1 aromatic rings. The first-order chi connectivity index (χ1) is 17.4. The van der Waals surface area contributed by atoms with Crippen LogP contribution in [0.2, 0.25) is 0 Å². The molecule has 6 rings (SSSR count). The van der Waals surface area contributed by atoms with E-state index in [0.717, 1.165) is 57.9 Å². The zero-order chi connectivity index (χ0) is 25.0. The summed E-state index contributed by atoms with van der Waals surface area (Å²) in [7, 11) is 0. The van der Waals surface area contributed by atoms with Gasteiger partial charge in [0.05, 0.1) is 22.8 Å². The van der Waals surface area contributed by atoms with Crippen LogP contribution in [-0.2, 0) is 0 Å². The molecule has 1 aromatic heterocycles. The summed E-state index contributed by atoms with van der Waals surface area (Å²) in [6, 6.07) is 14.1. The first-order valence-corrected chi connectivity index (χ1v) is 13.3. The zero-order valence-corrected chi connectivity index (χ0v) is 21.8. The molecule has 1 N–H and O–H groups in total. The minimum atomic E-state index is 0.251. The van der Waals surface area contributed by atoms with Crippen molar-refractivity contribution in [2.24, 2.45) is 9.98 Å². The van der Waals surface area contributed by atoms with Crippen molar-refractivity contribution in [3.63, 3.8) is 0 Å². The van der Waals surface area contributed by atoms with Crippen LogP contribution < -0.4 is 9.06 Å². The van der Waals surface area contributed by atoms with E-state index >= 15 is 0 Å². The first kappa shape index (κ1) is 22.7. The van der Waals surface area contributed by atoms with Crippen molar-refractivity contribution in [1.29, 1.82) is 0 Å². The van der Waals surface area contributed by atoms with Crippen molar-refractivity contribution in [2.75, 3.05) is 0 Å². The Bertz CT molecular complexity index is 1600. The molecule has 3 nitrogen and oxygen atoms in total. The second-order valence-electron chi connectivity index (χ2n) is 9.47. The van der Waals surface area contributed by atoms with Gasteiger partial charge in [-0.15, -0.1) is 11.3 Å². The number of hydrogen-bond donors (Lipinski definition) is 1. The summed E-state index contributed by atoms with van der Waals surface area (Å²) in [5.41, 5.74) is 13.5. The molecule has 0 aromatic carbocycles. The smallest absolute Gasteiger partial charge is 0.115 e. The molecular weight excluding hydrogens is 460 g/mol. The number of rotatable bonds is 2. The van der Waals surface area contributed by atoms with E-state index in [1.54, 1.807) is 23.5 Å². The fourth-order valence-corrected chi connectivity index (χ4v) is 6.28. The summed E-state index contributed by atoms with van der Waals surface area (Å²) in [6.07, 6.45) is 10.7. The quantitative estimate of drug-likeness (QED) is 0.420. The largest absolute Gasteiger partial charge is 0.508 e. The van der Waals surface area contributed by atoms with Crippen molar-refractivity contribution >= 4 is 47.1 Å². The highest BCUT2D eigenvalue weighted by atomic mass is 32.1. The molecule has 4 heterocycles. The number of aliphatic imine (C=N–C) groups is 2. The minimum absolute atomic E-state index is 0.251. The number of thiophene rings is 1. The molecular formula is C32H28N2OS. The molecule has 3 aliphatic heterocycles. The molecule has 36 heavy (non-hydrogen) atoms. The maximum absolute atomic E-state index is 10.2. The number of allylic oxidation sites excluding steroid dienone is 4. The van der Waals surface area contributed by atoms with E-state index in [-0.39, 0.29) is 5.75 Å². The van der Waals surface area contributed by atoms with Gasteiger partial charge in [-0.25, -0.2) is 9.98 Å². The van der Waals surface area contributed by atoms with Gasteiger partial charge in [0, 0.05) is 9.06 Å². The van der Waals surface area contributed by atoms with Gasteiger partial charge in [-0.3, -0.25) is 0 Å². The summed E-state index contributed by atoms with van der Waals surface area (Å²) in [5, 5.41) is 10.2. The molecule has 0 amide bonds. The second kappa shape index (κ2) is 8.72. The van der Waals surface area contributed by atoms with Crippen LogP contribution in [0.4, 0.5) is 0 Å². The number of hydrogen-bond acceptors (Lipinski definition) is 4. The molecule has 0 saturated heterocycles. The average molecular weight is 489 g/mol. The van der Waals surface area contributed by atoms with Gasteiger partial charge in [-0.1, -0.05) is 26.0 Å². The molecule has 0 fully saturated rings. The summed E-state index contributed by atoms with van der Waals surface area (Å²) in [5.74, 6) is 0.251. The fourth-order valence-electron chi connectivity index (χ4n) is 5.39. The number of nitrogens with zero attached hydrogens (tertiary/aromatic N) is 2. The van der Waals surface area contributed by atoms with Gasteiger partial charge in [0.1, 0.15) is 5.75 Å². The van der Waals surface area contributed by atoms with E-state index in [2.05, 4.69) is 70.2 Å². The van der Waals surface area contributed by atoms with Crippen molar-refractivity contribution in [1.82, 2.24) is 0 Å². The van der Waals surface area contributed by atoms with Crippen LogP contribution in [0.1, 0.15) is 51.7 Å². The van der Waals surface area contributed by atoms with Crippen LogP contribution in [-0.4, -0.2) is 16.5 Å². The van der Waals surface area contributed by atoms with Crippen LogP contribution in [0.5, 0.6) is 5.75 Å². The monoisotopic (exact) mass is 488 g/mol. The van der Waals surface area contributed by atoms with Crippen LogP contribution >= 0.6 is 11.3 Å². The van der Waals surface area contributed by atoms with E-state index < -0.39 is 0 Å². The number of aromatic hydroxyl groups is 1. The lowest BCUT2D eigenvalue weighted by molar-refractivity contribution is 0.476. The normalized spacial score (nSPS) is 17.0. The molecule has 8 bridgehead atoms. The van der Waals surface area contributed by atoms with Crippen molar-refractivity contribution in [3.05, 3.63) is 96.3 Å². The van der Waals surface area contributed by atoms with Crippen molar-refractivity contribution in [3.8, 4) is 16.9 Å². The molecule has 4 heteroatoms. The van der Waals surface area contributed by atoms with E-state index in [0.29, 0.717) is 0 Å². The Balaban J connectivity index is 1.69. The van der Waals surface area contributed by atoms with Gasteiger partial charge in [0.15, 0.2) is 0 Å². The molecule has 0 radical (unpaired) electrons. The molecule has 2 aliphatic carbocycles. The van der Waals surface area contributed by atoms with Crippen molar-refractivity contribution < 1.29 is 5.11 Å². The predicted octanol–water partition coefficient (Wildman–Crippen LogP) is 6.88. The third-order valence-corrected chi connectivity index (χ3v) is 8.31. The van der Waals surface area contributed by atoms with Crippen LogP contribution in [0.25, 0.3) is 35.4 Å². The summed E-state index contributed by atoms with van der Waals surface area (Å²) in [6.45, 7) is 8.74. The third-order valence-electron chi connectivity index (χ3n) is 7.34. The Hall–Kier alpha value is -3.76. The Labute approximate surface area is 215 Å². The molecule has 0 atom stereocenters. The maximum atomic E-state index is 10.2. The van der Waals surface area contributed by atoms with Gasteiger partial charge in [0.25, 0.3) is 0 Å². The van der Waals surface area contributed by atoms with E-state index in [9.17, 15) is 5.11 Å². The van der Waals surface area contributed by atoms with Crippen molar-refractivity contribution in [2.45, 2.75) is 40.5 Å². The standard InChI is InChI=1S/C32H28N2OS/c1-5-25-18(3)29-16-23-9-10-24(36-23)17-30-19(4)26(6-2)32(34-30)15-21-13-20(14-31(25)33-29)27-11-7-22(35)8-12-28(21)27/h7-17,35H,5-6H2,1-4H3. The highest BCUT2D eigenvalue weighted by Gasteiger charge is 2.22. The summed E-state index contributed by atoms with van der Waals surface area (Å²) < 4.78 is 2.39. The van der Waals surface area contributed by atoms with E-state index in [4.69, 9.17) is 9.98 Å². The Morgan fingerprint density at radius 1 is 0.667 bits per heavy atom. The summed E-state index contributed by atoms with van der Waals surface area (Å²) in [4.78, 5) is 10.2. The molecule has 0 spiro atoms. The molecule has 0 saturated carbocycles. The Morgan fingerprint density at radius 3 is 1.58 bits per heavy atom. The van der Waals surface area contributed by atoms with Crippen LogP contribution in [0.15, 0.2) is 86.1 Å². The van der Waals surface area contributed by atoms with Crippen LogP contribution in [0.3, 0.4) is 0 Å². The maximum Gasteiger partial charge on any atom is 0.115 e. The third kappa shape index (κ3) is 3.73. The van der Waals surface area contributed by atoms with Gasteiger partial charge in [0.2, 0.25) is 0 Å². The Morgan fingerprint density at radius 2 is 1.14 bits per heavy atom. The Kier molecular flexibility index (Phi) is 5.50. The van der Waals surface area contributed by atoms with Gasteiger partial charge in [-0.05, 0) is 126 Å². The zero-order valence-electron chi connectivity index (χ0n) is 21.0. The second-order valence-corrected chi connectivity index (χ2v) is 10.6. The van der Waals surface area contributed by atoms with E-state index in [1.165, 1.54) is 31.4 Å². The lowest BCUT2D eigenvalue weighted by Crippen LogP contribution is -2.02. The predicted molar refractivity (Wildman–Crippen MR) is 154 cm³/mol. The molecule has 178 valence electrons. The molecule has 0 unspecified atom stereocenters. The van der Waals surface area contributed by atoms with Gasteiger partial charge >= 0.3 is 0 Å². The minimum Gasteiger partial charge on any atom is -0.508 e. The SMILES string of the molecule is CCC1=C(C)C2=NC1=Cc1cc(c3ccc(O)ccc1-3)C=C1N=C(C=c3ccc(s3)=C2)C(C)=C1CC. The highest BCUT2D eigenvalue weighted by Crippen LogP contribution is 2.40. The lowest BCUT2D eigenvalue weighted by Gasteiger charge is -2.03. The van der Waals surface area contributed by atoms with E-state index in [1.807, 2.05) is 12.1 Å². The molecule has 5 aliphatic rings. The van der Waals surface area contributed by atoms with Gasteiger partial charge in [-0.2, -0.15) is 0 Å². The highest BCUT2D eigenvalue weighted by molar-refractivity contribution is 7.08. The van der Waals surface area contributed by atoms with Gasteiger partial charge < -0.3 is 5.11 Å². The lowest BCUT2D eigenvalue weighted by atomic mass is 10.0. The summed E-state index contributed by atoms with van der Waals surface area (Å²) >= 11 is 1.77. The topological polar surface area (TPSA) is 45.0 Å². The van der Waals surface area contributed by atoms with Crippen LogP contribution in [0, 0.1) is 0 Å². The average Bonchev–Trinajstić information content (AvgIpc) is 3.54. The fraction of sp³-hybridized carbons (Fsp3) is 0.188. The first-order valence-electron chi connectivity index (χ1n) is 12.5. The number of fused-ring (bicyclic) bond motifs is 9.